The molecule has 28 heavy (non-hydrogen) atoms. The Morgan fingerprint density at radius 1 is 1.00 bits per heavy atom. The Kier molecular flexibility index (Phi) is 6.98. The Morgan fingerprint density at radius 3 is 2.04 bits per heavy atom. The Balaban J connectivity index is 2.45. The fourth-order valence-electron chi connectivity index (χ4n) is 4.05. The summed E-state index contributed by atoms with van der Waals surface area (Å²) in [6.45, 7) is 20.8. The van der Waals surface area contributed by atoms with E-state index in [-0.39, 0.29) is 10.6 Å². The first-order valence-electron chi connectivity index (χ1n) is 11.2. The number of ether oxygens (including phenoxy) is 1. The number of hydrogen-bond acceptors (Lipinski definition) is 3. The van der Waals surface area contributed by atoms with Crippen LogP contribution in [0.5, 0.6) is 11.5 Å². The van der Waals surface area contributed by atoms with Crippen molar-refractivity contribution in [1.29, 1.82) is 0 Å². The first-order valence-corrected chi connectivity index (χ1v) is 14.1. The van der Waals surface area contributed by atoms with E-state index >= 15 is 0 Å². The second-order valence-electron chi connectivity index (χ2n) is 9.84. The third kappa shape index (κ3) is 4.14. The molecule has 0 aliphatic carbocycles. The van der Waals surface area contributed by atoms with Crippen LogP contribution in [0, 0.1) is 0 Å². The number of aromatic hydroxyl groups is 1. The maximum atomic E-state index is 10.9. The summed E-state index contributed by atoms with van der Waals surface area (Å²) in [6, 6.07) is 0. The zero-order valence-electron chi connectivity index (χ0n) is 19.7. The number of hydrogen-bond donors (Lipinski definition) is 1. The van der Waals surface area contributed by atoms with Gasteiger partial charge in [-0.3, -0.25) is 0 Å². The molecule has 2 rings (SSSR count). The summed E-state index contributed by atoms with van der Waals surface area (Å²) < 4.78 is 13.4. The van der Waals surface area contributed by atoms with Crippen LogP contribution in [0.2, 0.25) is 18.1 Å². The van der Waals surface area contributed by atoms with Gasteiger partial charge in [0.1, 0.15) is 17.1 Å². The van der Waals surface area contributed by atoms with E-state index in [1.165, 1.54) is 11.1 Å². The van der Waals surface area contributed by atoms with Gasteiger partial charge in [-0.1, -0.05) is 48.5 Å². The molecule has 0 fully saturated rings. The van der Waals surface area contributed by atoms with E-state index in [2.05, 4.69) is 61.6 Å². The number of fused-ring (bicyclic) bond motifs is 1. The van der Waals surface area contributed by atoms with Gasteiger partial charge >= 0.3 is 0 Å². The summed E-state index contributed by atoms with van der Waals surface area (Å²) in [4.78, 5) is 0. The Hall–Kier alpha value is -1.00. The molecule has 4 heteroatoms. The van der Waals surface area contributed by atoms with Gasteiger partial charge in [0, 0.05) is 22.3 Å². The van der Waals surface area contributed by atoms with Crippen molar-refractivity contribution in [3.63, 3.8) is 0 Å². The summed E-state index contributed by atoms with van der Waals surface area (Å²) in [5, 5.41) is 11.1. The molecule has 0 saturated heterocycles. The van der Waals surface area contributed by atoms with Crippen molar-refractivity contribution in [3.8, 4) is 11.5 Å². The van der Waals surface area contributed by atoms with Crippen LogP contribution in [0.15, 0.2) is 0 Å². The van der Waals surface area contributed by atoms with E-state index in [1.807, 2.05) is 0 Å². The quantitative estimate of drug-likeness (QED) is 0.520. The van der Waals surface area contributed by atoms with Crippen molar-refractivity contribution >= 4 is 8.32 Å². The summed E-state index contributed by atoms with van der Waals surface area (Å²) >= 11 is 0. The van der Waals surface area contributed by atoms with Gasteiger partial charge in [-0.25, -0.2) is 0 Å². The molecular formula is C24H42O3Si. The molecule has 0 saturated carbocycles. The molecule has 1 atom stereocenters. The average Bonchev–Trinajstić information content (AvgIpc) is 2.64. The normalized spacial score (nSPS) is 20.0. The summed E-state index contributed by atoms with van der Waals surface area (Å²) in [5.74, 6) is 1.55. The van der Waals surface area contributed by atoms with E-state index in [0.717, 1.165) is 55.4 Å². The van der Waals surface area contributed by atoms with E-state index in [0.29, 0.717) is 12.4 Å². The molecule has 0 radical (unpaired) electrons. The topological polar surface area (TPSA) is 38.7 Å². The molecule has 0 amide bonds. The van der Waals surface area contributed by atoms with Gasteiger partial charge in [0.2, 0.25) is 0 Å². The van der Waals surface area contributed by atoms with Gasteiger partial charge in [-0.15, -0.1) is 0 Å². The van der Waals surface area contributed by atoms with E-state index in [9.17, 15) is 5.11 Å². The molecular weight excluding hydrogens is 364 g/mol. The summed E-state index contributed by atoms with van der Waals surface area (Å²) in [5.41, 5.74) is 4.30. The lowest BCUT2D eigenvalue weighted by Gasteiger charge is -2.44. The molecule has 1 heterocycles. The molecule has 1 N–H and O–H groups in total. The van der Waals surface area contributed by atoms with Crippen molar-refractivity contribution in [3.05, 3.63) is 22.3 Å². The highest BCUT2D eigenvalue weighted by atomic mass is 28.4. The minimum Gasteiger partial charge on any atom is -0.507 e. The monoisotopic (exact) mass is 406 g/mol. The lowest BCUT2D eigenvalue weighted by atomic mass is 9.83. The van der Waals surface area contributed by atoms with Gasteiger partial charge < -0.3 is 14.3 Å². The largest absolute Gasteiger partial charge is 0.507 e. The predicted molar refractivity (Wildman–Crippen MR) is 121 cm³/mol. The van der Waals surface area contributed by atoms with E-state index in [1.54, 1.807) is 0 Å². The highest BCUT2D eigenvalue weighted by Gasteiger charge is 2.43. The van der Waals surface area contributed by atoms with E-state index < -0.39 is 8.32 Å². The van der Waals surface area contributed by atoms with Gasteiger partial charge in [-0.2, -0.15) is 0 Å². The first kappa shape index (κ1) is 23.3. The smallest absolute Gasteiger partial charge is 0.192 e. The SMILES string of the molecule is CCc1c(O)c(CC)c2c(c1CC)OC(CC)(CO[Si](C)(C)C(C)(C)C)CC2. The molecule has 1 aliphatic rings. The number of phenols is 1. The first-order chi connectivity index (χ1) is 13.0. The molecule has 160 valence electrons. The van der Waals surface area contributed by atoms with Crippen molar-refractivity contribution in [2.45, 2.75) is 111 Å². The Morgan fingerprint density at radius 2 is 1.57 bits per heavy atom. The lowest BCUT2D eigenvalue weighted by molar-refractivity contribution is -0.00721. The average molecular weight is 407 g/mol. The number of benzene rings is 1. The molecule has 1 aliphatic heterocycles. The minimum absolute atomic E-state index is 0.194. The fourth-order valence-corrected chi connectivity index (χ4v) is 5.11. The van der Waals surface area contributed by atoms with Crippen LogP contribution in [0.25, 0.3) is 0 Å². The zero-order valence-corrected chi connectivity index (χ0v) is 20.7. The summed E-state index contributed by atoms with van der Waals surface area (Å²) in [6.07, 6.45) is 5.40. The molecule has 3 nitrogen and oxygen atoms in total. The second-order valence-corrected chi connectivity index (χ2v) is 14.6. The molecule has 0 aromatic heterocycles. The van der Waals surface area contributed by atoms with Crippen LogP contribution < -0.4 is 4.74 Å². The van der Waals surface area contributed by atoms with Crippen LogP contribution in [0.1, 0.15) is 83.6 Å². The van der Waals surface area contributed by atoms with Crippen LogP contribution in [-0.2, 0) is 30.1 Å². The van der Waals surface area contributed by atoms with Crippen LogP contribution in [-0.4, -0.2) is 25.6 Å². The highest BCUT2D eigenvalue weighted by Crippen LogP contribution is 2.46. The molecule has 1 aromatic rings. The molecule has 0 bridgehead atoms. The predicted octanol–water partition coefficient (Wildman–Crippen LogP) is 6.58. The van der Waals surface area contributed by atoms with Crippen LogP contribution in [0.3, 0.4) is 0 Å². The van der Waals surface area contributed by atoms with Crippen molar-refractivity contribution in [1.82, 2.24) is 0 Å². The number of rotatable bonds is 7. The zero-order chi connectivity index (χ0) is 21.3. The maximum Gasteiger partial charge on any atom is 0.192 e. The van der Waals surface area contributed by atoms with Gasteiger partial charge in [0.25, 0.3) is 0 Å². The van der Waals surface area contributed by atoms with Gasteiger partial charge in [0.15, 0.2) is 8.32 Å². The van der Waals surface area contributed by atoms with Crippen molar-refractivity contribution in [2.24, 2.45) is 0 Å². The Bertz CT molecular complexity index is 678. The van der Waals surface area contributed by atoms with Crippen molar-refractivity contribution in [2.75, 3.05) is 6.61 Å². The van der Waals surface area contributed by atoms with Crippen LogP contribution >= 0.6 is 0 Å². The molecule has 1 aromatic carbocycles. The minimum atomic E-state index is -1.83. The number of phenolic OH excluding ortho intramolecular Hbond substituents is 1. The Labute approximate surface area is 174 Å². The maximum absolute atomic E-state index is 10.9. The highest BCUT2D eigenvalue weighted by molar-refractivity contribution is 6.74. The van der Waals surface area contributed by atoms with Crippen molar-refractivity contribution < 1.29 is 14.3 Å². The molecule has 0 spiro atoms. The van der Waals surface area contributed by atoms with Gasteiger partial charge in [0.05, 0.1) is 6.61 Å². The van der Waals surface area contributed by atoms with Gasteiger partial charge in [-0.05, 0) is 56.7 Å². The second kappa shape index (κ2) is 8.39. The van der Waals surface area contributed by atoms with Crippen LogP contribution in [0.4, 0.5) is 0 Å². The van der Waals surface area contributed by atoms with E-state index in [4.69, 9.17) is 9.16 Å². The third-order valence-corrected chi connectivity index (χ3v) is 11.7. The molecule has 1 unspecified atom stereocenters. The lowest BCUT2D eigenvalue weighted by Crippen LogP contribution is -2.50. The summed E-state index contributed by atoms with van der Waals surface area (Å²) in [7, 11) is -1.83. The standard InChI is InChI=1S/C24H42O3Si/c1-10-17-19(12-3)22-20(18(11-2)21(17)25)14-15-24(13-4,27-22)16-26-28(8,9)23(5,6)7/h25H,10-16H2,1-9H3. The third-order valence-electron chi connectivity index (χ3n) is 7.20. The fraction of sp³-hybridized carbons (Fsp3) is 0.750.